The van der Waals surface area contributed by atoms with Crippen molar-refractivity contribution in [3.05, 3.63) is 32.8 Å². The van der Waals surface area contributed by atoms with E-state index in [0.29, 0.717) is 6.54 Å². The number of sulfonamides is 1. The third-order valence-corrected chi connectivity index (χ3v) is 4.30. The second-order valence-electron chi connectivity index (χ2n) is 3.81. The minimum atomic E-state index is -3.81. The molecule has 0 amide bonds. The van der Waals surface area contributed by atoms with Gasteiger partial charge in [0.25, 0.3) is 5.69 Å². The highest BCUT2D eigenvalue weighted by molar-refractivity contribution is 7.89. The number of benzene rings is 1. The maximum atomic E-state index is 11.9. The summed E-state index contributed by atoms with van der Waals surface area (Å²) in [6.07, 6.45) is 0. The average Bonchev–Trinajstić information content (AvgIpc) is 2.32. The zero-order valence-electron chi connectivity index (χ0n) is 10.8. The normalized spacial score (nSPS) is 10.9. The number of rotatable bonds is 6. The second-order valence-corrected chi connectivity index (χ2v) is 5.98. The van der Waals surface area contributed by atoms with Crippen molar-refractivity contribution in [1.82, 2.24) is 10.0 Å². The molecule has 0 bridgehead atoms. The number of likely N-dealkylation sites (N-methyl/N-ethyl adjacent to an activating group) is 1. The summed E-state index contributed by atoms with van der Waals surface area (Å²) in [6.45, 7) is 2.09. The van der Waals surface area contributed by atoms with Gasteiger partial charge in [0, 0.05) is 24.7 Å². The Kier molecular flexibility index (Phi) is 7.39. The number of hydrogen-bond acceptors (Lipinski definition) is 5. The summed E-state index contributed by atoms with van der Waals surface area (Å²) in [5, 5.41) is 13.7. The van der Waals surface area contributed by atoms with Crippen LogP contribution in [0.15, 0.2) is 17.0 Å². The van der Waals surface area contributed by atoms with Crippen molar-refractivity contribution in [1.29, 1.82) is 0 Å². The van der Waals surface area contributed by atoms with E-state index in [2.05, 4.69) is 10.0 Å². The Morgan fingerprint density at radius 1 is 1.35 bits per heavy atom. The standard InChI is InChI=1S/C10H14ClN3O4S.ClH/c1-7-9(11)5-8(6-10(7)14(15)16)19(17,18)13-4-3-12-2;/h5-6,12-13H,3-4H2,1-2H3;1H. The molecule has 114 valence electrons. The molecule has 0 aromatic heterocycles. The molecule has 0 atom stereocenters. The van der Waals surface area contributed by atoms with Gasteiger partial charge in [-0.15, -0.1) is 12.4 Å². The van der Waals surface area contributed by atoms with Gasteiger partial charge in [-0.25, -0.2) is 13.1 Å². The molecule has 1 aromatic carbocycles. The molecule has 0 heterocycles. The quantitative estimate of drug-likeness (QED) is 0.462. The molecule has 0 fully saturated rings. The first-order chi connectivity index (χ1) is 8.79. The predicted molar refractivity (Wildman–Crippen MR) is 79.2 cm³/mol. The van der Waals surface area contributed by atoms with Crippen LogP contribution >= 0.6 is 24.0 Å². The smallest absolute Gasteiger partial charge is 0.275 e. The van der Waals surface area contributed by atoms with Gasteiger partial charge in [0.1, 0.15) is 0 Å². The molecule has 0 aliphatic rings. The summed E-state index contributed by atoms with van der Waals surface area (Å²) in [5.74, 6) is 0. The number of nitro benzene ring substituents is 1. The van der Waals surface area contributed by atoms with E-state index < -0.39 is 14.9 Å². The number of nitrogens with zero attached hydrogens (tertiary/aromatic N) is 1. The van der Waals surface area contributed by atoms with Crippen LogP contribution in [0.1, 0.15) is 5.56 Å². The largest absolute Gasteiger partial charge is 0.318 e. The van der Waals surface area contributed by atoms with Crippen molar-refractivity contribution in [2.45, 2.75) is 11.8 Å². The van der Waals surface area contributed by atoms with Crippen LogP contribution in [0.3, 0.4) is 0 Å². The van der Waals surface area contributed by atoms with Gasteiger partial charge >= 0.3 is 0 Å². The van der Waals surface area contributed by atoms with E-state index in [1.54, 1.807) is 7.05 Å². The van der Waals surface area contributed by atoms with Crippen molar-refractivity contribution in [2.75, 3.05) is 20.1 Å². The number of nitro groups is 1. The van der Waals surface area contributed by atoms with E-state index in [4.69, 9.17) is 11.6 Å². The van der Waals surface area contributed by atoms with E-state index >= 15 is 0 Å². The molecule has 0 unspecified atom stereocenters. The average molecular weight is 344 g/mol. The predicted octanol–water partition coefficient (Wildman–Crippen LogP) is 1.48. The fourth-order valence-electron chi connectivity index (χ4n) is 1.38. The first-order valence-electron chi connectivity index (χ1n) is 5.38. The van der Waals surface area contributed by atoms with Crippen LogP contribution in [0, 0.1) is 17.0 Å². The van der Waals surface area contributed by atoms with Crippen molar-refractivity contribution in [3.8, 4) is 0 Å². The Morgan fingerprint density at radius 3 is 2.45 bits per heavy atom. The zero-order valence-corrected chi connectivity index (χ0v) is 13.2. The summed E-state index contributed by atoms with van der Waals surface area (Å²) in [4.78, 5) is 9.96. The Labute approximate surface area is 128 Å². The fraction of sp³-hybridized carbons (Fsp3) is 0.400. The van der Waals surface area contributed by atoms with E-state index in [-0.39, 0.29) is 40.1 Å². The first kappa shape index (κ1) is 19.1. The van der Waals surface area contributed by atoms with Crippen LogP contribution in [-0.4, -0.2) is 33.5 Å². The lowest BCUT2D eigenvalue weighted by atomic mass is 10.2. The lowest BCUT2D eigenvalue weighted by Gasteiger charge is -2.08. The van der Waals surface area contributed by atoms with Gasteiger partial charge in [0.2, 0.25) is 10.0 Å². The van der Waals surface area contributed by atoms with Gasteiger partial charge in [-0.1, -0.05) is 11.6 Å². The van der Waals surface area contributed by atoms with Crippen LogP contribution < -0.4 is 10.0 Å². The number of hydrogen-bond donors (Lipinski definition) is 2. The van der Waals surface area contributed by atoms with Gasteiger partial charge in [0.05, 0.1) is 14.8 Å². The van der Waals surface area contributed by atoms with Gasteiger partial charge in [-0.3, -0.25) is 10.1 Å². The van der Waals surface area contributed by atoms with Crippen molar-refractivity contribution in [2.24, 2.45) is 0 Å². The molecular formula is C10H15Cl2N3O4S. The highest BCUT2D eigenvalue weighted by Gasteiger charge is 2.21. The molecule has 0 aliphatic heterocycles. The van der Waals surface area contributed by atoms with Gasteiger partial charge in [-0.2, -0.15) is 0 Å². The Bertz CT molecular complexity index is 592. The van der Waals surface area contributed by atoms with Crippen molar-refractivity contribution >= 4 is 39.7 Å². The molecule has 1 aromatic rings. The summed E-state index contributed by atoms with van der Waals surface area (Å²) in [7, 11) is -2.12. The monoisotopic (exact) mass is 343 g/mol. The molecule has 0 saturated heterocycles. The van der Waals surface area contributed by atoms with Crippen LogP contribution in [0.5, 0.6) is 0 Å². The van der Waals surface area contributed by atoms with E-state index in [1.807, 2.05) is 0 Å². The molecular weight excluding hydrogens is 329 g/mol. The summed E-state index contributed by atoms with van der Waals surface area (Å²) < 4.78 is 26.2. The molecule has 0 spiro atoms. The second kappa shape index (κ2) is 7.75. The van der Waals surface area contributed by atoms with Crippen molar-refractivity contribution in [3.63, 3.8) is 0 Å². The molecule has 0 radical (unpaired) electrons. The third-order valence-electron chi connectivity index (χ3n) is 2.46. The van der Waals surface area contributed by atoms with Gasteiger partial charge in [-0.05, 0) is 20.0 Å². The highest BCUT2D eigenvalue weighted by atomic mass is 35.5. The van der Waals surface area contributed by atoms with Gasteiger partial charge < -0.3 is 5.32 Å². The zero-order chi connectivity index (χ0) is 14.6. The van der Waals surface area contributed by atoms with E-state index in [1.165, 1.54) is 13.0 Å². The molecule has 10 heteroatoms. The maximum Gasteiger partial charge on any atom is 0.275 e. The summed E-state index contributed by atoms with van der Waals surface area (Å²) in [6, 6.07) is 2.20. The molecule has 0 saturated carbocycles. The maximum absolute atomic E-state index is 11.9. The number of halogens is 2. The first-order valence-corrected chi connectivity index (χ1v) is 7.24. The van der Waals surface area contributed by atoms with Crippen LogP contribution in [0.2, 0.25) is 5.02 Å². The Balaban J connectivity index is 0.00000361. The summed E-state index contributed by atoms with van der Waals surface area (Å²) >= 11 is 5.82. The van der Waals surface area contributed by atoms with Gasteiger partial charge in [0.15, 0.2) is 0 Å². The lowest BCUT2D eigenvalue weighted by molar-refractivity contribution is -0.385. The van der Waals surface area contributed by atoms with Crippen LogP contribution in [-0.2, 0) is 10.0 Å². The molecule has 2 N–H and O–H groups in total. The minimum Gasteiger partial charge on any atom is -0.318 e. The summed E-state index contributed by atoms with van der Waals surface area (Å²) in [5.41, 5.74) is -0.0812. The Hall–Kier alpha value is -0.930. The van der Waals surface area contributed by atoms with Crippen LogP contribution in [0.25, 0.3) is 0 Å². The highest BCUT2D eigenvalue weighted by Crippen LogP contribution is 2.29. The molecule has 7 nitrogen and oxygen atoms in total. The van der Waals surface area contributed by atoms with E-state index in [9.17, 15) is 18.5 Å². The van der Waals surface area contributed by atoms with E-state index in [0.717, 1.165) is 6.07 Å². The molecule has 1 rings (SSSR count). The molecule has 0 aliphatic carbocycles. The topological polar surface area (TPSA) is 101 Å². The Morgan fingerprint density at radius 2 is 1.95 bits per heavy atom. The fourth-order valence-corrected chi connectivity index (χ4v) is 2.73. The van der Waals surface area contributed by atoms with Crippen molar-refractivity contribution < 1.29 is 13.3 Å². The number of nitrogens with one attached hydrogen (secondary N) is 2. The third kappa shape index (κ3) is 4.57. The lowest BCUT2D eigenvalue weighted by Crippen LogP contribution is -2.30. The SMILES string of the molecule is CNCCNS(=O)(=O)c1cc(Cl)c(C)c([N+](=O)[O-])c1.Cl. The molecule has 20 heavy (non-hydrogen) atoms. The van der Waals surface area contributed by atoms with Crippen LogP contribution in [0.4, 0.5) is 5.69 Å². The minimum absolute atomic E-state index is 0.